The van der Waals surface area contributed by atoms with Crippen molar-refractivity contribution in [2.24, 2.45) is 0 Å². The van der Waals surface area contributed by atoms with E-state index in [-0.39, 0.29) is 6.29 Å². The highest BCUT2D eigenvalue weighted by Gasteiger charge is 2.02. The Morgan fingerprint density at radius 2 is 1.56 bits per heavy atom. The second kappa shape index (κ2) is 13.2. The molecule has 16 heavy (non-hydrogen) atoms. The lowest BCUT2D eigenvalue weighted by Crippen LogP contribution is -2.12. The molecule has 0 saturated carbocycles. The summed E-state index contributed by atoms with van der Waals surface area (Å²) in [5.74, 6) is 0. The van der Waals surface area contributed by atoms with Gasteiger partial charge in [-0.25, -0.2) is 0 Å². The number of hydrogen-bond donors (Lipinski definition) is 0. The predicted molar refractivity (Wildman–Crippen MR) is 73.1 cm³/mol. The number of hydrogen-bond acceptors (Lipinski definition) is 2. The minimum Gasteiger partial charge on any atom is -0.356 e. The van der Waals surface area contributed by atoms with Crippen molar-refractivity contribution in [1.29, 1.82) is 0 Å². The number of methoxy groups -OCH3 is 2. The molecule has 0 N–H and O–H groups in total. The van der Waals surface area contributed by atoms with Crippen LogP contribution >= 0.6 is 15.9 Å². The number of halogens is 1. The van der Waals surface area contributed by atoms with E-state index in [4.69, 9.17) is 9.47 Å². The summed E-state index contributed by atoms with van der Waals surface area (Å²) < 4.78 is 10.3. The minimum absolute atomic E-state index is 0.0190. The maximum atomic E-state index is 5.13. The van der Waals surface area contributed by atoms with Crippen molar-refractivity contribution >= 4 is 15.9 Å². The molecule has 0 aromatic carbocycles. The first-order chi connectivity index (χ1) is 7.85. The van der Waals surface area contributed by atoms with Crippen molar-refractivity contribution in [2.75, 3.05) is 19.5 Å². The molecule has 0 heterocycles. The summed E-state index contributed by atoms with van der Waals surface area (Å²) in [5.41, 5.74) is 0. The van der Waals surface area contributed by atoms with Crippen LogP contribution in [0.25, 0.3) is 0 Å². The van der Waals surface area contributed by atoms with Crippen LogP contribution in [0.1, 0.15) is 44.9 Å². The monoisotopic (exact) mass is 292 g/mol. The molecule has 0 aliphatic heterocycles. The van der Waals surface area contributed by atoms with Gasteiger partial charge in [-0.15, -0.1) is 0 Å². The Labute approximate surface area is 109 Å². The number of rotatable bonds is 11. The Kier molecular flexibility index (Phi) is 13.3. The fourth-order valence-corrected chi connectivity index (χ4v) is 1.84. The maximum absolute atomic E-state index is 5.13. The van der Waals surface area contributed by atoms with Gasteiger partial charge in [-0.3, -0.25) is 0 Å². The van der Waals surface area contributed by atoms with Crippen LogP contribution in [-0.4, -0.2) is 25.8 Å². The van der Waals surface area contributed by atoms with Gasteiger partial charge in [-0.1, -0.05) is 34.5 Å². The van der Waals surface area contributed by atoms with Crippen molar-refractivity contribution in [3.8, 4) is 0 Å². The molecule has 2 nitrogen and oxygen atoms in total. The lowest BCUT2D eigenvalue weighted by Gasteiger charge is -2.12. The first-order valence-electron chi connectivity index (χ1n) is 6.11. The average molecular weight is 293 g/mol. The highest BCUT2D eigenvalue weighted by Crippen LogP contribution is 2.08. The zero-order valence-corrected chi connectivity index (χ0v) is 12.2. The van der Waals surface area contributed by atoms with Crippen molar-refractivity contribution in [3.63, 3.8) is 0 Å². The van der Waals surface area contributed by atoms with E-state index in [1.165, 1.54) is 38.5 Å². The fraction of sp³-hybridized carbons (Fsp3) is 0.846. The third-order valence-electron chi connectivity index (χ3n) is 2.51. The van der Waals surface area contributed by atoms with Crippen LogP contribution in [0.5, 0.6) is 0 Å². The zero-order chi connectivity index (χ0) is 12.1. The summed E-state index contributed by atoms with van der Waals surface area (Å²) in [4.78, 5) is 0. The van der Waals surface area contributed by atoms with E-state index in [1.807, 2.05) is 0 Å². The minimum atomic E-state index is -0.0190. The number of unbranched alkanes of at least 4 members (excludes halogenated alkanes) is 4. The summed E-state index contributed by atoms with van der Waals surface area (Å²) in [6, 6.07) is 0. The largest absolute Gasteiger partial charge is 0.356 e. The lowest BCUT2D eigenvalue weighted by molar-refractivity contribution is -0.107. The Balaban J connectivity index is 3.17. The van der Waals surface area contributed by atoms with Gasteiger partial charge >= 0.3 is 0 Å². The second-order valence-corrected chi connectivity index (χ2v) is 4.63. The van der Waals surface area contributed by atoms with Gasteiger partial charge in [-0.2, -0.15) is 0 Å². The van der Waals surface area contributed by atoms with Gasteiger partial charge in [0.25, 0.3) is 0 Å². The first-order valence-corrected chi connectivity index (χ1v) is 7.23. The van der Waals surface area contributed by atoms with Crippen LogP contribution in [0.2, 0.25) is 0 Å². The van der Waals surface area contributed by atoms with Crippen molar-refractivity contribution < 1.29 is 9.47 Å². The Morgan fingerprint density at radius 1 is 0.938 bits per heavy atom. The van der Waals surface area contributed by atoms with E-state index < -0.39 is 0 Å². The van der Waals surface area contributed by atoms with Gasteiger partial charge in [0.2, 0.25) is 0 Å². The first kappa shape index (κ1) is 16.1. The van der Waals surface area contributed by atoms with Gasteiger partial charge in [0.1, 0.15) is 0 Å². The van der Waals surface area contributed by atoms with Gasteiger partial charge < -0.3 is 9.47 Å². The third-order valence-corrected chi connectivity index (χ3v) is 3.07. The second-order valence-electron chi connectivity index (χ2n) is 3.84. The van der Waals surface area contributed by atoms with Crippen LogP contribution < -0.4 is 0 Å². The van der Waals surface area contributed by atoms with Gasteiger partial charge in [-0.05, 0) is 38.5 Å². The van der Waals surface area contributed by atoms with E-state index in [9.17, 15) is 0 Å². The van der Waals surface area contributed by atoms with E-state index in [1.54, 1.807) is 14.2 Å². The van der Waals surface area contributed by atoms with Crippen molar-refractivity contribution in [2.45, 2.75) is 51.2 Å². The topological polar surface area (TPSA) is 18.5 Å². The Hall–Kier alpha value is 0.140. The van der Waals surface area contributed by atoms with Crippen LogP contribution in [0.3, 0.4) is 0 Å². The summed E-state index contributed by atoms with van der Waals surface area (Å²) in [5, 5.41) is 1.10. The molecule has 3 heteroatoms. The van der Waals surface area contributed by atoms with Crippen LogP contribution in [0.15, 0.2) is 12.2 Å². The highest BCUT2D eigenvalue weighted by atomic mass is 79.9. The molecule has 0 aliphatic carbocycles. The molecule has 0 bridgehead atoms. The molecule has 0 aromatic rings. The van der Waals surface area contributed by atoms with Gasteiger partial charge in [0.15, 0.2) is 6.29 Å². The number of ether oxygens (including phenoxy) is 2. The highest BCUT2D eigenvalue weighted by molar-refractivity contribution is 9.09. The molecule has 0 saturated heterocycles. The van der Waals surface area contributed by atoms with Crippen molar-refractivity contribution in [1.82, 2.24) is 0 Å². The lowest BCUT2D eigenvalue weighted by atomic mass is 10.1. The molecule has 0 aromatic heterocycles. The van der Waals surface area contributed by atoms with E-state index in [2.05, 4.69) is 28.1 Å². The van der Waals surface area contributed by atoms with E-state index in [0.717, 1.165) is 11.8 Å². The van der Waals surface area contributed by atoms with Gasteiger partial charge in [0.05, 0.1) is 0 Å². The summed E-state index contributed by atoms with van der Waals surface area (Å²) in [6.45, 7) is 0. The zero-order valence-electron chi connectivity index (χ0n) is 10.6. The molecular formula is C13H25BrO2. The molecule has 0 fully saturated rings. The molecular weight excluding hydrogens is 268 g/mol. The quantitative estimate of drug-likeness (QED) is 0.245. The average Bonchev–Trinajstić information content (AvgIpc) is 2.32. The third kappa shape index (κ3) is 10.7. The molecule has 0 amide bonds. The molecule has 96 valence electrons. The maximum Gasteiger partial charge on any atom is 0.156 e. The number of alkyl halides is 1. The standard InChI is InChI=1S/C13H25BrO2/c1-15-13(16-2)11-9-7-5-3-4-6-8-10-12-14/h4,6,13H,3,5,7-12H2,1-2H3/b6-4+. The molecule has 0 spiro atoms. The predicted octanol–water partition coefficient (Wildman–Crippen LogP) is 4.29. The smallest absolute Gasteiger partial charge is 0.156 e. The van der Waals surface area contributed by atoms with Crippen molar-refractivity contribution in [3.05, 3.63) is 12.2 Å². The van der Waals surface area contributed by atoms with Gasteiger partial charge in [0, 0.05) is 19.5 Å². The van der Waals surface area contributed by atoms with Crippen LogP contribution in [-0.2, 0) is 9.47 Å². The molecule has 0 unspecified atom stereocenters. The van der Waals surface area contributed by atoms with E-state index in [0.29, 0.717) is 0 Å². The van der Waals surface area contributed by atoms with E-state index >= 15 is 0 Å². The Morgan fingerprint density at radius 3 is 2.12 bits per heavy atom. The summed E-state index contributed by atoms with van der Waals surface area (Å²) >= 11 is 3.42. The fourth-order valence-electron chi connectivity index (χ4n) is 1.51. The molecule has 0 rings (SSSR count). The molecule has 0 aliphatic rings. The SMILES string of the molecule is COC(CCCCC/C=C/CCCBr)OC. The molecule has 0 radical (unpaired) electrons. The summed E-state index contributed by atoms with van der Waals surface area (Å²) in [7, 11) is 3.39. The van der Waals surface area contributed by atoms with Crippen LogP contribution in [0.4, 0.5) is 0 Å². The molecule has 0 atom stereocenters. The number of allylic oxidation sites excluding steroid dienone is 2. The summed E-state index contributed by atoms with van der Waals surface area (Å²) in [6.07, 6.45) is 12.9. The normalized spacial score (nSPS) is 11.8. The Bertz CT molecular complexity index is 156. The van der Waals surface area contributed by atoms with Crippen LogP contribution in [0, 0.1) is 0 Å².